The molecule has 0 saturated heterocycles. The van der Waals surface area contributed by atoms with E-state index in [1.54, 1.807) is 13.0 Å². The molecule has 2 aromatic rings. The lowest BCUT2D eigenvalue weighted by atomic mass is 10.1. The van der Waals surface area contributed by atoms with Crippen molar-refractivity contribution in [2.24, 2.45) is 0 Å². The third-order valence-electron chi connectivity index (χ3n) is 2.38. The molecule has 16 heavy (non-hydrogen) atoms. The number of aldehydes is 1. The largest absolute Gasteiger partial charge is 0.298 e. The number of aryl methyl sites for hydroxylation is 2. The van der Waals surface area contributed by atoms with Crippen LogP contribution in [0.1, 0.15) is 36.2 Å². The molecule has 1 N–H and O–H groups in total. The number of ketones is 1. The number of H-pyrrole nitrogens is 1. The number of aromatic nitrogens is 2. The van der Waals surface area contributed by atoms with E-state index in [1.165, 1.54) is 17.5 Å². The molecule has 82 valence electrons. The molecule has 0 aliphatic carbocycles. The molecule has 0 aromatic carbocycles. The van der Waals surface area contributed by atoms with Gasteiger partial charge >= 0.3 is 0 Å². The summed E-state index contributed by atoms with van der Waals surface area (Å²) >= 11 is 1.33. The van der Waals surface area contributed by atoms with Crippen molar-refractivity contribution in [1.29, 1.82) is 0 Å². The van der Waals surface area contributed by atoms with Crippen molar-refractivity contribution in [3.63, 3.8) is 0 Å². The lowest BCUT2D eigenvalue weighted by molar-refractivity contribution is 0.104. The highest BCUT2D eigenvalue weighted by atomic mass is 32.1. The van der Waals surface area contributed by atoms with Crippen LogP contribution < -0.4 is 0 Å². The molecule has 4 nitrogen and oxygen atoms in total. The molecule has 0 aliphatic heterocycles. The van der Waals surface area contributed by atoms with Crippen molar-refractivity contribution in [3.05, 3.63) is 38.8 Å². The highest BCUT2D eigenvalue weighted by molar-refractivity contribution is 7.14. The number of nitrogens with one attached hydrogen (secondary N) is 1. The second-order valence-corrected chi connectivity index (χ2v) is 4.73. The van der Waals surface area contributed by atoms with Crippen molar-refractivity contribution >= 4 is 23.4 Å². The molecule has 2 heterocycles. The minimum atomic E-state index is -0.0903. The van der Waals surface area contributed by atoms with Gasteiger partial charge in [0, 0.05) is 16.1 Å². The van der Waals surface area contributed by atoms with E-state index in [4.69, 9.17) is 0 Å². The average Bonchev–Trinajstić information content (AvgIpc) is 2.83. The Morgan fingerprint density at radius 3 is 2.75 bits per heavy atom. The summed E-state index contributed by atoms with van der Waals surface area (Å²) in [6.45, 7) is 3.62. The molecule has 2 rings (SSSR count). The number of hydrogen-bond acceptors (Lipinski definition) is 4. The van der Waals surface area contributed by atoms with E-state index >= 15 is 0 Å². The summed E-state index contributed by atoms with van der Waals surface area (Å²) in [5, 5.41) is 6.53. The zero-order valence-corrected chi connectivity index (χ0v) is 9.72. The Morgan fingerprint density at radius 1 is 1.50 bits per heavy atom. The van der Waals surface area contributed by atoms with Crippen LogP contribution in [-0.2, 0) is 0 Å². The summed E-state index contributed by atoms with van der Waals surface area (Å²) < 4.78 is 0. The van der Waals surface area contributed by atoms with E-state index in [0.29, 0.717) is 16.0 Å². The summed E-state index contributed by atoms with van der Waals surface area (Å²) in [6.07, 6.45) is 2.28. The second-order valence-electron chi connectivity index (χ2n) is 3.48. The summed E-state index contributed by atoms with van der Waals surface area (Å²) in [7, 11) is 0. The van der Waals surface area contributed by atoms with Crippen molar-refractivity contribution in [1.82, 2.24) is 10.2 Å². The van der Waals surface area contributed by atoms with Gasteiger partial charge in [-0.25, -0.2) is 0 Å². The summed E-state index contributed by atoms with van der Waals surface area (Å²) in [6, 6.07) is 1.63. The second kappa shape index (κ2) is 4.02. The highest BCUT2D eigenvalue weighted by Gasteiger charge is 2.16. The Kier molecular flexibility index (Phi) is 2.70. The van der Waals surface area contributed by atoms with Crippen LogP contribution >= 0.6 is 11.3 Å². The molecule has 0 saturated carbocycles. The number of nitrogens with zero attached hydrogens (tertiary/aromatic N) is 1. The van der Waals surface area contributed by atoms with Crippen LogP contribution in [0.3, 0.4) is 0 Å². The first-order chi connectivity index (χ1) is 7.63. The number of carbonyl (C=O) groups is 2. The van der Waals surface area contributed by atoms with Gasteiger partial charge in [0.05, 0.1) is 16.6 Å². The Labute approximate surface area is 96.3 Å². The van der Waals surface area contributed by atoms with Gasteiger partial charge in [-0.05, 0) is 19.9 Å². The molecule has 0 aliphatic rings. The predicted molar refractivity (Wildman–Crippen MR) is 61.2 cm³/mol. The van der Waals surface area contributed by atoms with Crippen LogP contribution in [0.5, 0.6) is 0 Å². The Balaban J connectivity index is 2.42. The predicted octanol–water partition coefficient (Wildman–Crippen LogP) is 2.13. The van der Waals surface area contributed by atoms with Crippen molar-refractivity contribution < 1.29 is 9.59 Å². The Hall–Kier alpha value is -1.75. The minimum absolute atomic E-state index is 0.0903. The van der Waals surface area contributed by atoms with Crippen LogP contribution in [-0.4, -0.2) is 22.3 Å². The smallest absolute Gasteiger partial charge is 0.206 e. The SMILES string of the molecule is Cc1[nH]ncc1C(=O)c1cc(C=O)c(C)s1. The summed E-state index contributed by atoms with van der Waals surface area (Å²) in [5.74, 6) is -0.0903. The van der Waals surface area contributed by atoms with Crippen LogP contribution in [0.4, 0.5) is 0 Å². The van der Waals surface area contributed by atoms with Crippen molar-refractivity contribution in [2.45, 2.75) is 13.8 Å². The quantitative estimate of drug-likeness (QED) is 0.653. The monoisotopic (exact) mass is 234 g/mol. The third kappa shape index (κ3) is 1.69. The molecular weight excluding hydrogens is 224 g/mol. The molecule has 0 atom stereocenters. The molecule has 2 aromatic heterocycles. The average molecular weight is 234 g/mol. The Morgan fingerprint density at radius 2 is 2.25 bits per heavy atom. The van der Waals surface area contributed by atoms with Gasteiger partial charge in [-0.3, -0.25) is 14.7 Å². The van der Waals surface area contributed by atoms with Crippen LogP contribution in [0, 0.1) is 13.8 Å². The van der Waals surface area contributed by atoms with Crippen molar-refractivity contribution in [3.8, 4) is 0 Å². The first-order valence-electron chi connectivity index (χ1n) is 4.73. The van der Waals surface area contributed by atoms with Gasteiger partial charge in [0.25, 0.3) is 0 Å². The number of rotatable bonds is 3. The number of hydrogen-bond donors (Lipinski definition) is 1. The Bertz CT molecular complexity index is 554. The molecule has 0 spiro atoms. The lowest BCUT2D eigenvalue weighted by Gasteiger charge is -1.93. The summed E-state index contributed by atoms with van der Waals surface area (Å²) in [4.78, 5) is 24.2. The molecule has 5 heteroatoms. The molecular formula is C11H10N2O2S. The molecule has 0 fully saturated rings. The lowest BCUT2D eigenvalue weighted by Crippen LogP contribution is -1.98. The van der Waals surface area contributed by atoms with Gasteiger partial charge in [-0.15, -0.1) is 11.3 Å². The summed E-state index contributed by atoms with van der Waals surface area (Å²) in [5.41, 5.74) is 1.87. The fourth-order valence-electron chi connectivity index (χ4n) is 1.44. The number of thiophene rings is 1. The minimum Gasteiger partial charge on any atom is -0.298 e. The van der Waals surface area contributed by atoms with Gasteiger partial charge < -0.3 is 0 Å². The zero-order valence-electron chi connectivity index (χ0n) is 8.90. The van der Waals surface area contributed by atoms with Gasteiger partial charge in [0.15, 0.2) is 6.29 Å². The topological polar surface area (TPSA) is 62.8 Å². The molecule has 0 radical (unpaired) electrons. The van der Waals surface area contributed by atoms with E-state index < -0.39 is 0 Å². The molecule has 0 unspecified atom stereocenters. The number of carbonyl (C=O) groups excluding carboxylic acids is 2. The van der Waals surface area contributed by atoms with Crippen LogP contribution in [0.25, 0.3) is 0 Å². The maximum Gasteiger partial charge on any atom is 0.206 e. The van der Waals surface area contributed by atoms with Gasteiger partial charge in [0.1, 0.15) is 0 Å². The van der Waals surface area contributed by atoms with Gasteiger partial charge in [0.2, 0.25) is 5.78 Å². The fourth-order valence-corrected chi connectivity index (χ4v) is 2.38. The van der Waals surface area contributed by atoms with E-state index in [0.717, 1.165) is 16.9 Å². The van der Waals surface area contributed by atoms with E-state index in [9.17, 15) is 9.59 Å². The van der Waals surface area contributed by atoms with Gasteiger partial charge in [-0.2, -0.15) is 5.10 Å². The first-order valence-corrected chi connectivity index (χ1v) is 5.55. The van der Waals surface area contributed by atoms with Crippen LogP contribution in [0.15, 0.2) is 12.3 Å². The standard InChI is InChI=1S/C11H10N2O2S/c1-6-9(4-12-13-6)11(15)10-3-8(5-14)7(2)16-10/h3-5H,1-2H3,(H,12,13). The maximum absolute atomic E-state index is 12.0. The van der Waals surface area contributed by atoms with E-state index in [2.05, 4.69) is 10.2 Å². The van der Waals surface area contributed by atoms with E-state index in [1.807, 2.05) is 6.92 Å². The van der Waals surface area contributed by atoms with E-state index in [-0.39, 0.29) is 5.78 Å². The molecule has 0 bridgehead atoms. The maximum atomic E-state index is 12.0. The highest BCUT2D eigenvalue weighted by Crippen LogP contribution is 2.23. The molecule has 0 amide bonds. The zero-order chi connectivity index (χ0) is 11.7. The van der Waals surface area contributed by atoms with Crippen LogP contribution in [0.2, 0.25) is 0 Å². The third-order valence-corrected chi connectivity index (χ3v) is 3.45. The normalized spacial score (nSPS) is 10.4. The fraction of sp³-hybridized carbons (Fsp3) is 0.182. The number of aromatic amines is 1. The van der Waals surface area contributed by atoms with Gasteiger partial charge in [-0.1, -0.05) is 0 Å². The van der Waals surface area contributed by atoms with Crippen molar-refractivity contribution in [2.75, 3.05) is 0 Å². The first kappa shape index (κ1) is 10.8.